The number of nitrogens with zero attached hydrogens (tertiary/aromatic N) is 2. The molecule has 0 spiro atoms. The Balaban J connectivity index is 1.92. The number of pyridine rings is 2. The minimum absolute atomic E-state index is 0.0872. The van der Waals surface area contributed by atoms with Crippen molar-refractivity contribution >= 4 is 0 Å². The van der Waals surface area contributed by atoms with Crippen molar-refractivity contribution in [2.75, 3.05) is 0 Å². The summed E-state index contributed by atoms with van der Waals surface area (Å²) in [5.41, 5.74) is 2.03. The number of hydrogen-bond acceptors (Lipinski definition) is 4. The summed E-state index contributed by atoms with van der Waals surface area (Å²) in [4.78, 5) is 8.60. The van der Waals surface area contributed by atoms with E-state index in [1.54, 1.807) is 12.4 Å². The zero-order chi connectivity index (χ0) is 14.4. The van der Waals surface area contributed by atoms with Gasteiger partial charge in [0.15, 0.2) is 0 Å². The molecule has 0 saturated carbocycles. The zero-order valence-corrected chi connectivity index (χ0v) is 12.3. The van der Waals surface area contributed by atoms with Gasteiger partial charge in [-0.15, -0.1) is 0 Å². The molecule has 0 unspecified atom stereocenters. The lowest BCUT2D eigenvalue weighted by Gasteiger charge is -2.20. The van der Waals surface area contributed by atoms with Gasteiger partial charge in [0.25, 0.3) is 0 Å². The van der Waals surface area contributed by atoms with Gasteiger partial charge in [0.2, 0.25) is 0 Å². The summed E-state index contributed by atoms with van der Waals surface area (Å²) in [6, 6.07) is 9.74. The first kappa shape index (κ1) is 14.5. The molecule has 2 aromatic rings. The molecule has 0 saturated heterocycles. The highest BCUT2D eigenvalue weighted by atomic mass is 16.5. The first-order valence-corrected chi connectivity index (χ1v) is 6.76. The Labute approximate surface area is 120 Å². The van der Waals surface area contributed by atoms with Crippen LogP contribution >= 0.6 is 0 Å². The molecule has 0 fully saturated rings. The molecule has 106 valence electrons. The van der Waals surface area contributed by atoms with E-state index in [0.29, 0.717) is 6.61 Å². The molecule has 0 radical (unpaired) electrons. The molecule has 0 atom stereocenters. The Kier molecular flexibility index (Phi) is 4.69. The predicted molar refractivity (Wildman–Crippen MR) is 79.4 cm³/mol. The largest absolute Gasteiger partial charge is 0.486 e. The van der Waals surface area contributed by atoms with Crippen LogP contribution in [0.15, 0.2) is 42.7 Å². The highest BCUT2D eigenvalue weighted by Gasteiger charge is 2.09. The summed E-state index contributed by atoms with van der Waals surface area (Å²) in [5, 5.41) is 3.43. The third kappa shape index (κ3) is 4.97. The second-order valence-corrected chi connectivity index (χ2v) is 5.70. The van der Waals surface area contributed by atoms with E-state index < -0.39 is 0 Å². The predicted octanol–water partition coefficient (Wildman–Crippen LogP) is 2.94. The first-order chi connectivity index (χ1) is 9.53. The van der Waals surface area contributed by atoms with Crippen LogP contribution in [-0.4, -0.2) is 15.5 Å². The molecule has 20 heavy (non-hydrogen) atoms. The lowest BCUT2D eigenvalue weighted by atomic mass is 10.1. The highest BCUT2D eigenvalue weighted by molar-refractivity contribution is 5.17. The average Bonchev–Trinajstić information content (AvgIpc) is 2.44. The Hall–Kier alpha value is -1.94. The fourth-order valence-corrected chi connectivity index (χ4v) is 1.65. The van der Waals surface area contributed by atoms with Gasteiger partial charge in [-0.3, -0.25) is 9.97 Å². The van der Waals surface area contributed by atoms with Crippen molar-refractivity contribution in [3.05, 3.63) is 54.1 Å². The van der Waals surface area contributed by atoms with Gasteiger partial charge in [-0.05, 0) is 45.0 Å². The maximum Gasteiger partial charge on any atom is 0.138 e. The van der Waals surface area contributed by atoms with Gasteiger partial charge in [0.05, 0.1) is 17.6 Å². The van der Waals surface area contributed by atoms with Crippen LogP contribution < -0.4 is 10.1 Å². The Morgan fingerprint density at radius 2 is 1.90 bits per heavy atom. The fourth-order valence-electron chi connectivity index (χ4n) is 1.65. The SMILES string of the molecule is CC(C)(C)NCc1cccc(COc2cccnc2)n1. The molecule has 0 aliphatic carbocycles. The number of ether oxygens (including phenoxy) is 1. The molecular formula is C16H21N3O. The minimum Gasteiger partial charge on any atom is -0.486 e. The summed E-state index contributed by atoms with van der Waals surface area (Å²) in [7, 11) is 0. The van der Waals surface area contributed by atoms with E-state index in [9.17, 15) is 0 Å². The molecule has 4 nitrogen and oxygen atoms in total. The van der Waals surface area contributed by atoms with Gasteiger partial charge >= 0.3 is 0 Å². The van der Waals surface area contributed by atoms with E-state index in [1.165, 1.54) is 0 Å². The number of aromatic nitrogens is 2. The number of rotatable bonds is 5. The lowest BCUT2D eigenvalue weighted by Crippen LogP contribution is -2.35. The topological polar surface area (TPSA) is 47.0 Å². The molecule has 2 rings (SSSR count). The number of nitrogens with one attached hydrogen (secondary N) is 1. The van der Waals surface area contributed by atoms with Crippen molar-refractivity contribution in [3.8, 4) is 5.75 Å². The van der Waals surface area contributed by atoms with E-state index in [4.69, 9.17) is 4.74 Å². The van der Waals surface area contributed by atoms with E-state index in [2.05, 4.69) is 36.1 Å². The van der Waals surface area contributed by atoms with E-state index >= 15 is 0 Å². The standard InChI is InChI=1S/C16H21N3O/c1-16(2,3)18-10-13-6-4-7-14(19-13)12-20-15-8-5-9-17-11-15/h4-9,11,18H,10,12H2,1-3H3. The highest BCUT2D eigenvalue weighted by Crippen LogP contribution is 2.10. The maximum atomic E-state index is 5.65. The molecule has 0 amide bonds. The minimum atomic E-state index is 0.0872. The summed E-state index contributed by atoms with van der Waals surface area (Å²) < 4.78 is 5.65. The zero-order valence-electron chi connectivity index (χ0n) is 12.3. The van der Waals surface area contributed by atoms with Crippen molar-refractivity contribution in [1.82, 2.24) is 15.3 Å². The van der Waals surface area contributed by atoms with Crippen molar-refractivity contribution in [3.63, 3.8) is 0 Å². The van der Waals surface area contributed by atoms with Crippen LogP contribution in [0.3, 0.4) is 0 Å². The monoisotopic (exact) mass is 271 g/mol. The quantitative estimate of drug-likeness (QED) is 0.908. The van der Waals surface area contributed by atoms with Crippen molar-refractivity contribution < 1.29 is 4.74 Å². The third-order valence-corrected chi connectivity index (χ3v) is 2.69. The smallest absolute Gasteiger partial charge is 0.138 e. The molecule has 2 aromatic heterocycles. The molecule has 0 bridgehead atoms. The lowest BCUT2D eigenvalue weighted by molar-refractivity contribution is 0.299. The van der Waals surface area contributed by atoms with E-state index in [1.807, 2.05) is 30.3 Å². The van der Waals surface area contributed by atoms with Crippen molar-refractivity contribution in [2.24, 2.45) is 0 Å². The summed E-state index contributed by atoms with van der Waals surface area (Å²) in [5.74, 6) is 0.757. The maximum absolute atomic E-state index is 5.65. The normalized spacial score (nSPS) is 11.3. The Morgan fingerprint density at radius 3 is 2.60 bits per heavy atom. The second kappa shape index (κ2) is 6.48. The fraction of sp³-hybridized carbons (Fsp3) is 0.375. The average molecular weight is 271 g/mol. The van der Waals surface area contributed by atoms with Gasteiger partial charge in [-0.25, -0.2) is 0 Å². The summed E-state index contributed by atoms with van der Waals surface area (Å²) >= 11 is 0. The van der Waals surface area contributed by atoms with Crippen LogP contribution in [0.25, 0.3) is 0 Å². The van der Waals surface area contributed by atoms with Crippen LogP contribution in [0.5, 0.6) is 5.75 Å². The van der Waals surface area contributed by atoms with Gasteiger partial charge < -0.3 is 10.1 Å². The van der Waals surface area contributed by atoms with Gasteiger partial charge in [-0.2, -0.15) is 0 Å². The molecule has 0 aromatic carbocycles. The van der Waals surface area contributed by atoms with Gasteiger partial charge in [0, 0.05) is 18.3 Å². The first-order valence-electron chi connectivity index (χ1n) is 6.76. The summed E-state index contributed by atoms with van der Waals surface area (Å²) in [6.07, 6.45) is 3.43. The number of hydrogen-bond donors (Lipinski definition) is 1. The molecule has 1 N–H and O–H groups in total. The third-order valence-electron chi connectivity index (χ3n) is 2.69. The van der Waals surface area contributed by atoms with Crippen LogP contribution in [0, 0.1) is 0 Å². The van der Waals surface area contributed by atoms with E-state index in [0.717, 1.165) is 23.7 Å². The van der Waals surface area contributed by atoms with Crippen molar-refractivity contribution in [2.45, 2.75) is 39.5 Å². The Bertz CT molecular complexity index is 535. The van der Waals surface area contributed by atoms with Crippen molar-refractivity contribution in [1.29, 1.82) is 0 Å². The van der Waals surface area contributed by atoms with Crippen LogP contribution in [0.4, 0.5) is 0 Å². The van der Waals surface area contributed by atoms with Gasteiger partial charge in [0.1, 0.15) is 12.4 Å². The van der Waals surface area contributed by atoms with Crippen LogP contribution in [-0.2, 0) is 13.2 Å². The van der Waals surface area contributed by atoms with Crippen LogP contribution in [0.2, 0.25) is 0 Å². The summed E-state index contributed by atoms with van der Waals surface area (Å²) in [6.45, 7) is 7.63. The molecule has 0 aliphatic heterocycles. The molecular weight excluding hydrogens is 250 g/mol. The second-order valence-electron chi connectivity index (χ2n) is 5.70. The Morgan fingerprint density at radius 1 is 1.10 bits per heavy atom. The molecule has 0 aliphatic rings. The van der Waals surface area contributed by atoms with E-state index in [-0.39, 0.29) is 5.54 Å². The molecule has 2 heterocycles. The van der Waals surface area contributed by atoms with Crippen LogP contribution in [0.1, 0.15) is 32.2 Å². The van der Waals surface area contributed by atoms with Gasteiger partial charge in [-0.1, -0.05) is 6.07 Å². The molecule has 4 heteroatoms.